The maximum absolute atomic E-state index is 6.12. The van der Waals surface area contributed by atoms with Gasteiger partial charge in [0.15, 0.2) is 0 Å². The second-order valence-corrected chi connectivity index (χ2v) is 4.29. The summed E-state index contributed by atoms with van der Waals surface area (Å²) in [7, 11) is 0. The van der Waals surface area contributed by atoms with Gasteiger partial charge in [-0.3, -0.25) is 9.97 Å². The first-order valence-corrected chi connectivity index (χ1v) is 5.81. The Morgan fingerprint density at radius 3 is 2.83 bits per heavy atom. The number of hydrogen-bond donors (Lipinski definition) is 1. The zero-order valence-electron chi connectivity index (χ0n) is 10.1. The van der Waals surface area contributed by atoms with Gasteiger partial charge in [0.05, 0.1) is 11.4 Å². The third-order valence-corrected chi connectivity index (χ3v) is 3.15. The van der Waals surface area contributed by atoms with Gasteiger partial charge in [0.1, 0.15) is 0 Å². The Hall–Kier alpha value is -2.42. The number of benzene rings is 1. The van der Waals surface area contributed by atoms with Gasteiger partial charge in [-0.15, -0.1) is 0 Å². The highest BCUT2D eigenvalue weighted by atomic mass is 14.7. The van der Waals surface area contributed by atoms with E-state index in [0.717, 1.165) is 33.3 Å². The van der Waals surface area contributed by atoms with Gasteiger partial charge >= 0.3 is 0 Å². The summed E-state index contributed by atoms with van der Waals surface area (Å²) in [6.07, 6.45) is 5.43. The molecule has 0 aliphatic carbocycles. The highest BCUT2D eigenvalue weighted by molar-refractivity contribution is 5.97. The normalized spacial score (nSPS) is 10.7. The molecule has 3 aromatic rings. The van der Waals surface area contributed by atoms with Gasteiger partial charge in [-0.05, 0) is 30.0 Å². The number of nitrogens with zero attached hydrogens (tertiary/aromatic N) is 2. The molecule has 0 unspecified atom stereocenters. The molecule has 88 valence electrons. The van der Waals surface area contributed by atoms with Crippen LogP contribution >= 0.6 is 0 Å². The molecule has 0 fully saturated rings. The Bertz CT molecular complexity index is 715. The standard InChI is InChI=1S/C15H13N3/c1-10-5-8-18-15(14(10)16)12-4-2-3-11-6-7-17-9-13(11)12/h2-9H,16H2,1H3. The molecule has 3 nitrogen and oxygen atoms in total. The molecule has 2 N–H and O–H groups in total. The molecule has 0 radical (unpaired) electrons. The lowest BCUT2D eigenvalue weighted by Crippen LogP contribution is -1.96. The summed E-state index contributed by atoms with van der Waals surface area (Å²) in [5.74, 6) is 0. The Labute approximate surface area is 105 Å². The van der Waals surface area contributed by atoms with Gasteiger partial charge in [-0.1, -0.05) is 18.2 Å². The molecule has 2 aromatic heterocycles. The molecular formula is C15H13N3. The summed E-state index contributed by atoms with van der Waals surface area (Å²) in [6.45, 7) is 1.99. The lowest BCUT2D eigenvalue weighted by molar-refractivity contribution is 1.29. The molecule has 0 aliphatic rings. The van der Waals surface area contributed by atoms with Crippen molar-refractivity contribution in [2.75, 3.05) is 5.73 Å². The lowest BCUT2D eigenvalue weighted by Gasteiger charge is -2.09. The van der Waals surface area contributed by atoms with Crippen molar-refractivity contribution in [2.45, 2.75) is 6.92 Å². The van der Waals surface area contributed by atoms with E-state index in [1.165, 1.54) is 0 Å². The molecule has 0 spiro atoms. The summed E-state index contributed by atoms with van der Waals surface area (Å²) in [5.41, 5.74) is 9.75. The van der Waals surface area contributed by atoms with Crippen LogP contribution in [0.5, 0.6) is 0 Å². The monoisotopic (exact) mass is 235 g/mol. The Balaban J connectivity index is 2.35. The van der Waals surface area contributed by atoms with Crippen molar-refractivity contribution in [3.05, 3.63) is 54.5 Å². The smallest absolute Gasteiger partial charge is 0.0940 e. The molecule has 0 saturated carbocycles. The summed E-state index contributed by atoms with van der Waals surface area (Å²) in [5, 5.41) is 2.22. The summed E-state index contributed by atoms with van der Waals surface area (Å²) < 4.78 is 0. The van der Waals surface area contributed by atoms with Crippen molar-refractivity contribution in [3.8, 4) is 11.3 Å². The fourth-order valence-electron chi connectivity index (χ4n) is 2.10. The van der Waals surface area contributed by atoms with Gasteiger partial charge in [0.25, 0.3) is 0 Å². The second-order valence-electron chi connectivity index (χ2n) is 4.29. The van der Waals surface area contributed by atoms with Crippen LogP contribution in [-0.4, -0.2) is 9.97 Å². The average molecular weight is 235 g/mol. The maximum atomic E-state index is 6.12. The van der Waals surface area contributed by atoms with Crippen LogP contribution in [0, 0.1) is 6.92 Å². The lowest BCUT2D eigenvalue weighted by atomic mass is 10.0. The predicted molar refractivity (Wildman–Crippen MR) is 74.1 cm³/mol. The molecule has 3 rings (SSSR count). The molecule has 18 heavy (non-hydrogen) atoms. The number of anilines is 1. The first kappa shape index (κ1) is 10.7. The molecule has 3 heteroatoms. The molecule has 0 bridgehead atoms. The highest BCUT2D eigenvalue weighted by Crippen LogP contribution is 2.31. The first-order chi connectivity index (χ1) is 8.77. The molecule has 0 amide bonds. The van der Waals surface area contributed by atoms with Gasteiger partial charge in [0, 0.05) is 29.5 Å². The fraction of sp³-hybridized carbons (Fsp3) is 0.0667. The maximum Gasteiger partial charge on any atom is 0.0940 e. The third-order valence-electron chi connectivity index (χ3n) is 3.15. The van der Waals surface area contributed by atoms with Crippen LogP contribution in [0.4, 0.5) is 5.69 Å². The van der Waals surface area contributed by atoms with Crippen LogP contribution in [0.1, 0.15) is 5.56 Å². The number of pyridine rings is 2. The van der Waals surface area contributed by atoms with Crippen LogP contribution in [0.3, 0.4) is 0 Å². The van der Waals surface area contributed by atoms with Crippen LogP contribution in [0.15, 0.2) is 48.9 Å². The van der Waals surface area contributed by atoms with Gasteiger partial charge in [-0.2, -0.15) is 0 Å². The topological polar surface area (TPSA) is 51.8 Å². The number of fused-ring (bicyclic) bond motifs is 1. The van der Waals surface area contributed by atoms with E-state index in [-0.39, 0.29) is 0 Å². The number of nitrogens with two attached hydrogens (primary N) is 1. The largest absolute Gasteiger partial charge is 0.397 e. The molecule has 2 heterocycles. The van der Waals surface area contributed by atoms with Crippen LogP contribution in [-0.2, 0) is 0 Å². The number of nitrogen functional groups attached to an aromatic ring is 1. The summed E-state index contributed by atoms with van der Waals surface area (Å²) in [4.78, 5) is 8.59. The predicted octanol–water partition coefficient (Wildman–Crippen LogP) is 3.19. The fourth-order valence-corrected chi connectivity index (χ4v) is 2.10. The Morgan fingerprint density at radius 1 is 1.06 bits per heavy atom. The Morgan fingerprint density at radius 2 is 1.94 bits per heavy atom. The third kappa shape index (κ3) is 1.61. The van der Waals surface area contributed by atoms with E-state index in [1.807, 2.05) is 37.4 Å². The number of aromatic nitrogens is 2. The molecular weight excluding hydrogens is 222 g/mol. The van der Waals surface area contributed by atoms with E-state index in [9.17, 15) is 0 Å². The zero-order valence-corrected chi connectivity index (χ0v) is 10.1. The highest BCUT2D eigenvalue weighted by Gasteiger charge is 2.09. The quantitative estimate of drug-likeness (QED) is 0.704. The van der Waals surface area contributed by atoms with Crippen molar-refractivity contribution < 1.29 is 0 Å². The van der Waals surface area contributed by atoms with Crippen molar-refractivity contribution in [1.29, 1.82) is 0 Å². The van der Waals surface area contributed by atoms with E-state index in [4.69, 9.17) is 5.73 Å². The van der Waals surface area contributed by atoms with E-state index >= 15 is 0 Å². The van der Waals surface area contributed by atoms with Crippen LogP contribution in [0.2, 0.25) is 0 Å². The van der Waals surface area contributed by atoms with Gasteiger partial charge in [-0.25, -0.2) is 0 Å². The van der Waals surface area contributed by atoms with E-state index in [0.29, 0.717) is 0 Å². The number of hydrogen-bond acceptors (Lipinski definition) is 3. The van der Waals surface area contributed by atoms with Crippen molar-refractivity contribution in [2.24, 2.45) is 0 Å². The zero-order chi connectivity index (χ0) is 12.5. The van der Waals surface area contributed by atoms with Gasteiger partial charge < -0.3 is 5.73 Å². The summed E-state index contributed by atoms with van der Waals surface area (Å²) in [6, 6.07) is 10.0. The average Bonchev–Trinajstić information content (AvgIpc) is 2.41. The number of aryl methyl sites for hydroxylation is 1. The van der Waals surface area contributed by atoms with E-state index in [2.05, 4.69) is 16.0 Å². The van der Waals surface area contributed by atoms with Gasteiger partial charge in [0.2, 0.25) is 0 Å². The first-order valence-electron chi connectivity index (χ1n) is 5.81. The Kier molecular flexibility index (Phi) is 2.45. The van der Waals surface area contributed by atoms with Crippen LogP contribution in [0.25, 0.3) is 22.0 Å². The molecule has 0 atom stereocenters. The van der Waals surface area contributed by atoms with E-state index in [1.54, 1.807) is 12.4 Å². The van der Waals surface area contributed by atoms with Crippen LogP contribution < -0.4 is 5.73 Å². The van der Waals surface area contributed by atoms with Crippen molar-refractivity contribution in [3.63, 3.8) is 0 Å². The molecule has 0 saturated heterocycles. The SMILES string of the molecule is Cc1ccnc(-c2cccc3ccncc23)c1N. The minimum absolute atomic E-state index is 0.730. The number of rotatable bonds is 1. The summed E-state index contributed by atoms with van der Waals surface area (Å²) >= 11 is 0. The molecule has 1 aromatic carbocycles. The minimum atomic E-state index is 0.730. The second kappa shape index (κ2) is 4.11. The van der Waals surface area contributed by atoms with Crippen molar-refractivity contribution in [1.82, 2.24) is 9.97 Å². The molecule has 0 aliphatic heterocycles. The van der Waals surface area contributed by atoms with E-state index < -0.39 is 0 Å². The minimum Gasteiger partial charge on any atom is -0.397 e. The van der Waals surface area contributed by atoms with Crippen molar-refractivity contribution >= 4 is 16.5 Å².